The molecule has 0 aliphatic heterocycles. The summed E-state index contributed by atoms with van der Waals surface area (Å²) in [5, 5.41) is 11.5. The fourth-order valence-corrected chi connectivity index (χ4v) is 1.66. The van der Waals surface area contributed by atoms with E-state index in [2.05, 4.69) is 17.2 Å². The van der Waals surface area contributed by atoms with Crippen LogP contribution < -0.4 is 5.32 Å². The van der Waals surface area contributed by atoms with Crippen molar-refractivity contribution >= 4 is 11.9 Å². The highest BCUT2D eigenvalue weighted by atomic mass is 16.4. The van der Waals surface area contributed by atoms with Crippen LogP contribution in [0.4, 0.5) is 0 Å². The van der Waals surface area contributed by atoms with Crippen molar-refractivity contribution in [3.05, 3.63) is 0 Å². The van der Waals surface area contributed by atoms with E-state index in [4.69, 9.17) is 18.0 Å². The van der Waals surface area contributed by atoms with Gasteiger partial charge in [0.15, 0.2) is 0 Å². The van der Waals surface area contributed by atoms with Gasteiger partial charge in [0.2, 0.25) is 5.91 Å². The van der Waals surface area contributed by atoms with E-state index in [0.717, 1.165) is 0 Å². The van der Waals surface area contributed by atoms with Gasteiger partial charge in [0, 0.05) is 0 Å². The lowest BCUT2D eigenvalue weighted by atomic mass is 9.94. The van der Waals surface area contributed by atoms with Gasteiger partial charge in [-0.3, -0.25) is 14.5 Å². The monoisotopic (exact) mass is 264 g/mol. The summed E-state index contributed by atoms with van der Waals surface area (Å²) < 4.78 is 0. The van der Waals surface area contributed by atoms with Crippen LogP contribution in [0.3, 0.4) is 0 Å². The van der Waals surface area contributed by atoms with E-state index in [1.165, 1.54) is 4.90 Å². The van der Waals surface area contributed by atoms with Gasteiger partial charge in [0.25, 0.3) is 0 Å². The van der Waals surface area contributed by atoms with Gasteiger partial charge in [0.05, 0.1) is 19.6 Å². The smallest absolute Gasteiger partial charge is 0.317 e. The summed E-state index contributed by atoms with van der Waals surface area (Å²) in [6.45, 7) is 3.51. The van der Waals surface area contributed by atoms with Crippen LogP contribution in [0.2, 0.25) is 0 Å². The Morgan fingerprint density at radius 3 is 2.21 bits per heavy atom. The van der Waals surface area contributed by atoms with E-state index < -0.39 is 11.5 Å². The lowest BCUT2D eigenvalue weighted by Gasteiger charge is -2.28. The maximum Gasteiger partial charge on any atom is 0.317 e. The Labute approximate surface area is 114 Å². The first-order valence-electron chi connectivity index (χ1n) is 6.09. The minimum Gasteiger partial charge on any atom is -0.480 e. The first-order valence-corrected chi connectivity index (χ1v) is 6.09. The summed E-state index contributed by atoms with van der Waals surface area (Å²) in [4.78, 5) is 23.9. The minimum atomic E-state index is -1.03. The molecule has 0 saturated heterocycles. The van der Waals surface area contributed by atoms with Gasteiger partial charge in [-0.25, -0.2) is 0 Å². The fourth-order valence-electron chi connectivity index (χ4n) is 1.66. The standard InChI is InChI=1S/C14H20N2O3/c1-5-9-16(11-13(18)19)10-12(17)15-14(6-2,7-3)8-4/h1-2H,7-11H2,3-4H3,(H,15,17)(H,18,19). The fraction of sp³-hybridized carbons (Fsp3) is 0.571. The number of hydrogen-bond acceptors (Lipinski definition) is 3. The lowest BCUT2D eigenvalue weighted by molar-refractivity contribution is -0.138. The van der Waals surface area contributed by atoms with Crippen molar-refractivity contribution in [2.75, 3.05) is 19.6 Å². The van der Waals surface area contributed by atoms with Crippen LogP contribution in [0.25, 0.3) is 0 Å². The first kappa shape index (κ1) is 17.0. The number of carbonyl (C=O) groups is 2. The molecule has 19 heavy (non-hydrogen) atoms. The van der Waals surface area contributed by atoms with Gasteiger partial charge in [-0.1, -0.05) is 25.7 Å². The molecule has 0 aromatic carbocycles. The second-order valence-corrected chi connectivity index (χ2v) is 4.22. The van der Waals surface area contributed by atoms with Gasteiger partial charge < -0.3 is 10.4 Å². The van der Waals surface area contributed by atoms with Crippen molar-refractivity contribution in [1.29, 1.82) is 0 Å². The number of nitrogens with zero attached hydrogens (tertiary/aromatic N) is 1. The summed E-state index contributed by atoms with van der Waals surface area (Å²) in [5.41, 5.74) is -0.678. The van der Waals surface area contributed by atoms with Crippen molar-refractivity contribution in [3.8, 4) is 24.7 Å². The number of terminal acetylenes is 2. The van der Waals surface area contributed by atoms with Crippen molar-refractivity contribution in [2.24, 2.45) is 0 Å². The van der Waals surface area contributed by atoms with Crippen molar-refractivity contribution in [2.45, 2.75) is 32.2 Å². The quantitative estimate of drug-likeness (QED) is 0.619. The molecule has 1 amide bonds. The molecular weight excluding hydrogens is 244 g/mol. The molecule has 0 bridgehead atoms. The Bertz CT molecular complexity index is 400. The van der Waals surface area contributed by atoms with Crippen LogP contribution in [-0.2, 0) is 9.59 Å². The van der Waals surface area contributed by atoms with Crippen molar-refractivity contribution < 1.29 is 14.7 Å². The number of hydrogen-bond donors (Lipinski definition) is 2. The highest BCUT2D eigenvalue weighted by molar-refractivity contribution is 5.80. The average molecular weight is 264 g/mol. The van der Waals surface area contributed by atoms with E-state index in [9.17, 15) is 9.59 Å². The molecule has 0 fully saturated rings. The van der Waals surface area contributed by atoms with Crippen LogP contribution in [0.15, 0.2) is 0 Å². The van der Waals surface area contributed by atoms with Gasteiger partial charge >= 0.3 is 5.97 Å². The normalized spacial score (nSPS) is 10.6. The number of carboxylic acid groups (broad SMARTS) is 1. The van der Waals surface area contributed by atoms with Gasteiger partial charge in [-0.05, 0) is 12.8 Å². The van der Waals surface area contributed by atoms with Crippen LogP contribution in [0, 0.1) is 24.7 Å². The number of rotatable bonds is 8. The molecule has 0 heterocycles. The molecule has 0 spiro atoms. The molecule has 5 nitrogen and oxygen atoms in total. The van der Waals surface area contributed by atoms with Crippen LogP contribution in [0.1, 0.15) is 26.7 Å². The van der Waals surface area contributed by atoms with Gasteiger partial charge in [-0.15, -0.1) is 12.8 Å². The number of nitrogens with one attached hydrogen (secondary N) is 1. The predicted octanol–water partition coefficient (Wildman–Crippen LogP) is 0.314. The van der Waals surface area contributed by atoms with Crippen molar-refractivity contribution in [1.82, 2.24) is 10.2 Å². The van der Waals surface area contributed by atoms with E-state index in [1.807, 2.05) is 13.8 Å². The Hall–Kier alpha value is -1.98. The third kappa shape index (κ3) is 5.94. The number of aliphatic carboxylic acids is 1. The molecule has 0 rings (SSSR count). The summed E-state index contributed by atoms with van der Waals surface area (Å²) in [7, 11) is 0. The van der Waals surface area contributed by atoms with Gasteiger partial charge in [0.1, 0.15) is 5.54 Å². The van der Waals surface area contributed by atoms with Crippen molar-refractivity contribution in [3.63, 3.8) is 0 Å². The summed E-state index contributed by atoms with van der Waals surface area (Å²) in [6.07, 6.45) is 11.8. The van der Waals surface area contributed by atoms with Crippen LogP contribution in [0.5, 0.6) is 0 Å². The molecule has 0 aromatic rings. The zero-order chi connectivity index (χ0) is 14.9. The Kier molecular flexibility index (Phi) is 7.33. The Balaban J connectivity index is 4.62. The lowest BCUT2D eigenvalue weighted by Crippen LogP contribution is -2.50. The topological polar surface area (TPSA) is 69.6 Å². The molecular formula is C14H20N2O3. The molecule has 0 saturated carbocycles. The minimum absolute atomic E-state index is 0.0834. The predicted molar refractivity (Wildman–Crippen MR) is 73.2 cm³/mol. The second-order valence-electron chi connectivity index (χ2n) is 4.22. The van der Waals surface area contributed by atoms with Crippen LogP contribution in [-0.4, -0.2) is 47.1 Å². The zero-order valence-corrected chi connectivity index (χ0v) is 11.4. The molecule has 0 aliphatic rings. The van der Waals surface area contributed by atoms with E-state index in [-0.39, 0.29) is 25.5 Å². The highest BCUT2D eigenvalue weighted by Crippen LogP contribution is 2.13. The molecule has 2 N–H and O–H groups in total. The molecule has 0 unspecified atom stereocenters. The van der Waals surface area contributed by atoms with E-state index in [0.29, 0.717) is 12.8 Å². The van der Waals surface area contributed by atoms with E-state index >= 15 is 0 Å². The summed E-state index contributed by atoms with van der Waals surface area (Å²) in [5.74, 6) is 3.56. The second kappa shape index (κ2) is 8.18. The molecule has 0 aromatic heterocycles. The third-order valence-electron chi connectivity index (χ3n) is 2.90. The van der Waals surface area contributed by atoms with Gasteiger partial charge in [-0.2, -0.15) is 0 Å². The summed E-state index contributed by atoms with van der Waals surface area (Å²) >= 11 is 0. The number of carboxylic acids is 1. The average Bonchev–Trinajstić information content (AvgIpc) is 2.35. The largest absolute Gasteiger partial charge is 0.480 e. The molecule has 0 radical (unpaired) electrons. The summed E-state index contributed by atoms with van der Waals surface area (Å²) in [6, 6.07) is 0. The highest BCUT2D eigenvalue weighted by Gasteiger charge is 2.26. The maximum absolute atomic E-state index is 11.9. The zero-order valence-electron chi connectivity index (χ0n) is 11.4. The Morgan fingerprint density at radius 2 is 1.84 bits per heavy atom. The SMILES string of the molecule is C#CCN(CC(=O)O)CC(=O)NC(C#C)(CC)CC. The van der Waals surface area contributed by atoms with E-state index in [1.54, 1.807) is 0 Å². The maximum atomic E-state index is 11.9. The van der Waals surface area contributed by atoms with Crippen LogP contribution >= 0.6 is 0 Å². The molecule has 0 aliphatic carbocycles. The first-order chi connectivity index (χ1) is 8.92. The molecule has 0 atom stereocenters. The number of carbonyl (C=O) groups excluding carboxylic acids is 1. The number of amides is 1. The molecule has 104 valence electrons. The Morgan fingerprint density at radius 1 is 1.26 bits per heavy atom. The molecule has 5 heteroatoms. The third-order valence-corrected chi connectivity index (χ3v) is 2.90.